The maximum atomic E-state index is 11.8. The Morgan fingerprint density at radius 2 is 2.28 bits per heavy atom. The van der Waals surface area contributed by atoms with E-state index >= 15 is 0 Å². The predicted octanol–water partition coefficient (Wildman–Crippen LogP) is 1.38. The normalized spacial score (nSPS) is 10.5. The van der Waals surface area contributed by atoms with Crippen LogP contribution in [0.5, 0.6) is 5.75 Å². The van der Waals surface area contributed by atoms with Gasteiger partial charge in [0, 0.05) is 19.0 Å². The first kappa shape index (κ1) is 12.3. The fourth-order valence-electron chi connectivity index (χ4n) is 1.83. The topological polar surface area (TPSA) is 61.2 Å². The van der Waals surface area contributed by atoms with Gasteiger partial charge >= 0.3 is 0 Å². The van der Waals surface area contributed by atoms with E-state index in [1.807, 2.05) is 6.07 Å². The number of hydrogen-bond donors (Lipinski definition) is 0. The molecule has 0 fully saturated rings. The number of unbranched alkanes of at least 4 members (excludes halogenated alkanes) is 1. The molecule has 94 valence electrons. The molecule has 0 aliphatic carbocycles. The molecule has 0 atom stereocenters. The zero-order valence-corrected chi connectivity index (χ0v) is 10.1. The molecular formula is C13H14N2O3. The van der Waals surface area contributed by atoms with Crippen LogP contribution in [0.15, 0.2) is 29.2 Å². The molecule has 1 aromatic carbocycles. The SMILES string of the molecule is COc1ccc2ncc(=O)n(CCCC=O)c2c1. The number of aryl methyl sites for hydroxylation is 1. The number of benzene rings is 1. The van der Waals surface area contributed by atoms with Gasteiger partial charge in [-0.25, -0.2) is 4.98 Å². The summed E-state index contributed by atoms with van der Waals surface area (Å²) in [4.78, 5) is 26.2. The molecule has 0 N–H and O–H groups in total. The van der Waals surface area contributed by atoms with Crippen molar-refractivity contribution >= 4 is 17.3 Å². The summed E-state index contributed by atoms with van der Waals surface area (Å²) >= 11 is 0. The summed E-state index contributed by atoms with van der Waals surface area (Å²) in [7, 11) is 1.58. The van der Waals surface area contributed by atoms with Gasteiger partial charge in [-0.1, -0.05) is 0 Å². The summed E-state index contributed by atoms with van der Waals surface area (Å²) in [6.07, 6.45) is 3.24. The molecule has 0 aliphatic heterocycles. The van der Waals surface area contributed by atoms with Crippen LogP contribution in [-0.4, -0.2) is 22.9 Å². The summed E-state index contributed by atoms with van der Waals surface area (Å²) in [5.41, 5.74) is 1.30. The highest BCUT2D eigenvalue weighted by Gasteiger charge is 2.05. The molecule has 2 rings (SSSR count). The second kappa shape index (κ2) is 5.44. The van der Waals surface area contributed by atoms with Crippen LogP contribution in [0, 0.1) is 0 Å². The van der Waals surface area contributed by atoms with Gasteiger partial charge in [0.1, 0.15) is 12.0 Å². The Kier molecular flexibility index (Phi) is 3.72. The average Bonchev–Trinajstić information content (AvgIpc) is 2.41. The molecule has 1 aromatic heterocycles. The van der Waals surface area contributed by atoms with Crippen molar-refractivity contribution in [3.8, 4) is 5.75 Å². The summed E-state index contributed by atoms with van der Waals surface area (Å²) < 4.78 is 6.76. The van der Waals surface area contributed by atoms with Gasteiger partial charge in [-0.3, -0.25) is 4.79 Å². The number of aldehydes is 1. The van der Waals surface area contributed by atoms with Gasteiger partial charge in [-0.2, -0.15) is 0 Å². The minimum Gasteiger partial charge on any atom is -0.497 e. The van der Waals surface area contributed by atoms with Crippen LogP contribution in [0.1, 0.15) is 12.8 Å². The van der Waals surface area contributed by atoms with Crippen molar-refractivity contribution in [1.82, 2.24) is 9.55 Å². The molecule has 1 heterocycles. The van der Waals surface area contributed by atoms with E-state index in [2.05, 4.69) is 4.98 Å². The molecule has 0 aliphatic rings. The monoisotopic (exact) mass is 246 g/mol. The van der Waals surface area contributed by atoms with Crippen molar-refractivity contribution in [2.24, 2.45) is 0 Å². The fourth-order valence-corrected chi connectivity index (χ4v) is 1.83. The van der Waals surface area contributed by atoms with Crippen molar-refractivity contribution < 1.29 is 9.53 Å². The summed E-state index contributed by atoms with van der Waals surface area (Å²) in [6, 6.07) is 5.39. The number of carbonyl (C=O) groups is 1. The van der Waals surface area contributed by atoms with Crippen molar-refractivity contribution in [2.75, 3.05) is 7.11 Å². The minimum atomic E-state index is -0.165. The molecule has 0 saturated carbocycles. The predicted molar refractivity (Wildman–Crippen MR) is 67.9 cm³/mol. The van der Waals surface area contributed by atoms with Crippen LogP contribution in [0.25, 0.3) is 11.0 Å². The molecule has 0 bridgehead atoms. The molecular weight excluding hydrogens is 232 g/mol. The Morgan fingerprint density at radius 3 is 3.00 bits per heavy atom. The second-order valence-corrected chi connectivity index (χ2v) is 3.91. The number of hydrogen-bond acceptors (Lipinski definition) is 4. The first-order valence-electron chi connectivity index (χ1n) is 5.73. The van der Waals surface area contributed by atoms with Crippen molar-refractivity contribution in [3.63, 3.8) is 0 Å². The highest BCUT2D eigenvalue weighted by molar-refractivity contribution is 5.76. The van der Waals surface area contributed by atoms with Crippen molar-refractivity contribution in [3.05, 3.63) is 34.7 Å². The van der Waals surface area contributed by atoms with Crippen LogP contribution in [0.4, 0.5) is 0 Å². The van der Waals surface area contributed by atoms with Crippen LogP contribution >= 0.6 is 0 Å². The zero-order chi connectivity index (χ0) is 13.0. The maximum Gasteiger partial charge on any atom is 0.269 e. The Labute approximate surface area is 104 Å². The van der Waals surface area contributed by atoms with E-state index in [1.165, 1.54) is 6.20 Å². The standard InChI is InChI=1S/C13H14N2O3/c1-18-10-4-5-11-12(8-10)15(6-2-3-7-16)13(17)9-14-11/h4-5,7-9H,2-3,6H2,1H3. The third-order valence-corrected chi connectivity index (χ3v) is 2.76. The highest BCUT2D eigenvalue weighted by atomic mass is 16.5. The van der Waals surface area contributed by atoms with Gasteiger partial charge in [0.2, 0.25) is 0 Å². The average molecular weight is 246 g/mol. The number of nitrogens with zero attached hydrogens (tertiary/aromatic N) is 2. The molecule has 0 amide bonds. The van der Waals surface area contributed by atoms with Gasteiger partial charge in [0.05, 0.1) is 24.3 Å². The fraction of sp³-hybridized carbons (Fsp3) is 0.308. The first-order valence-corrected chi connectivity index (χ1v) is 5.73. The summed E-state index contributed by atoms with van der Waals surface area (Å²) in [5.74, 6) is 0.680. The van der Waals surface area contributed by atoms with E-state index in [1.54, 1.807) is 23.8 Å². The van der Waals surface area contributed by atoms with Gasteiger partial charge in [0.15, 0.2) is 0 Å². The maximum absolute atomic E-state index is 11.8. The number of carbonyl (C=O) groups excluding carboxylic acids is 1. The lowest BCUT2D eigenvalue weighted by molar-refractivity contribution is -0.107. The van der Waals surface area contributed by atoms with Gasteiger partial charge in [-0.15, -0.1) is 0 Å². The molecule has 0 radical (unpaired) electrons. The van der Waals surface area contributed by atoms with Crippen LogP contribution in [0.2, 0.25) is 0 Å². The Bertz CT molecular complexity index is 619. The lowest BCUT2D eigenvalue weighted by atomic mass is 10.2. The largest absolute Gasteiger partial charge is 0.497 e. The number of ether oxygens (including phenoxy) is 1. The molecule has 2 aromatic rings. The Morgan fingerprint density at radius 1 is 1.44 bits per heavy atom. The van der Waals surface area contributed by atoms with Crippen LogP contribution < -0.4 is 10.3 Å². The summed E-state index contributed by atoms with van der Waals surface area (Å²) in [6.45, 7) is 0.504. The Hall–Kier alpha value is -2.17. The first-order chi connectivity index (χ1) is 8.76. The van der Waals surface area contributed by atoms with E-state index in [0.717, 1.165) is 17.3 Å². The quantitative estimate of drug-likeness (QED) is 0.590. The van der Waals surface area contributed by atoms with E-state index in [-0.39, 0.29) is 5.56 Å². The lowest BCUT2D eigenvalue weighted by Gasteiger charge is -2.09. The molecule has 0 saturated heterocycles. The Balaban J connectivity index is 2.49. The minimum absolute atomic E-state index is 0.165. The van der Waals surface area contributed by atoms with E-state index in [9.17, 15) is 9.59 Å². The van der Waals surface area contributed by atoms with E-state index in [4.69, 9.17) is 4.74 Å². The molecule has 5 nitrogen and oxygen atoms in total. The number of rotatable bonds is 5. The van der Waals surface area contributed by atoms with Gasteiger partial charge in [-0.05, 0) is 18.6 Å². The van der Waals surface area contributed by atoms with Crippen LogP contribution in [0.3, 0.4) is 0 Å². The number of aromatic nitrogens is 2. The zero-order valence-electron chi connectivity index (χ0n) is 10.1. The van der Waals surface area contributed by atoms with Gasteiger partial charge in [0.25, 0.3) is 5.56 Å². The molecule has 0 spiro atoms. The van der Waals surface area contributed by atoms with Crippen LogP contribution in [-0.2, 0) is 11.3 Å². The van der Waals surface area contributed by atoms with Gasteiger partial charge < -0.3 is 14.1 Å². The number of fused-ring (bicyclic) bond motifs is 1. The third kappa shape index (κ3) is 2.40. The highest BCUT2D eigenvalue weighted by Crippen LogP contribution is 2.17. The van der Waals surface area contributed by atoms with Crippen molar-refractivity contribution in [1.29, 1.82) is 0 Å². The lowest BCUT2D eigenvalue weighted by Crippen LogP contribution is -2.20. The smallest absolute Gasteiger partial charge is 0.269 e. The second-order valence-electron chi connectivity index (χ2n) is 3.91. The van der Waals surface area contributed by atoms with E-state index < -0.39 is 0 Å². The summed E-state index contributed by atoms with van der Waals surface area (Å²) in [5, 5.41) is 0. The molecule has 5 heteroatoms. The number of methoxy groups -OCH3 is 1. The van der Waals surface area contributed by atoms with E-state index in [0.29, 0.717) is 25.1 Å². The molecule has 0 unspecified atom stereocenters. The van der Waals surface area contributed by atoms with Crippen molar-refractivity contribution in [2.45, 2.75) is 19.4 Å². The third-order valence-electron chi connectivity index (χ3n) is 2.76. The molecule has 18 heavy (non-hydrogen) atoms.